The summed E-state index contributed by atoms with van der Waals surface area (Å²) >= 11 is 0. The first kappa shape index (κ1) is 17.4. The van der Waals surface area contributed by atoms with Crippen LogP contribution in [-0.4, -0.2) is 49.7 Å². The van der Waals surface area contributed by atoms with Crippen LogP contribution in [0.3, 0.4) is 0 Å². The molecule has 3 aromatic rings. The standard InChI is InChI=1S/C20H21N5O2/c26-20(16-6-8-18(9-7-16)25-14-22-23-15-25)24-11-3-5-19(12-24)27-13-17-4-1-2-10-21-17/h1-2,4,6-10,14-15,19H,3,5,11-13H2/t19-/m0/s1. The van der Waals surface area contributed by atoms with E-state index in [1.54, 1.807) is 23.4 Å². The lowest BCUT2D eigenvalue weighted by Gasteiger charge is -2.32. The van der Waals surface area contributed by atoms with Gasteiger partial charge in [-0.1, -0.05) is 6.07 Å². The molecule has 0 saturated carbocycles. The van der Waals surface area contributed by atoms with Gasteiger partial charge in [-0.15, -0.1) is 10.2 Å². The largest absolute Gasteiger partial charge is 0.370 e. The van der Waals surface area contributed by atoms with Gasteiger partial charge >= 0.3 is 0 Å². The maximum atomic E-state index is 12.8. The minimum absolute atomic E-state index is 0.0384. The Balaban J connectivity index is 1.36. The molecule has 0 aliphatic carbocycles. The lowest BCUT2D eigenvalue weighted by Crippen LogP contribution is -2.43. The number of pyridine rings is 1. The zero-order chi connectivity index (χ0) is 18.5. The van der Waals surface area contributed by atoms with Crippen LogP contribution in [0.4, 0.5) is 0 Å². The predicted molar refractivity (Wildman–Crippen MR) is 99.3 cm³/mol. The van der Waals surface area contributed by atoms with Crippen molar-refractivity contribution in [3.05, 3.63) is 72.6 Å². The van der Waals surface area contributed by atoms with E-state index in [2.05, 4.69) is 15.2 Å². The molecule has 0 bridgehead atoms. The molecule has 1 amide bonds. The molecule has 1 aliphatic heterocycles. The Morgan fingerprint density at radius 2 is 1.93 bits per heavy atom. The minimum atomic E-state index is 0.0384. The van der Waals surface area contributed by atoms with E-state index in [1.165, 1.54) is 0 Å². The van der Waals surface area contributed by atoms with Gasteiger partial charge in [-0.3, -0.25) is 14.3 Å². The van der Waals surface area contributed by atoms with Crippen molar-refractivity contribution in [1.29, 1.82) is 0 Å². The summed E-state index contributed by atoms with van der Waals surface area (Å²) in [5, 5.41) is 7.59. The summed E-state index contributed by atoms with van der Waals surface area (Å²) in [5.41, 5.74) is 2.51. The smallest absolute Gasteiger partial charge is 0.253 e. The van der Waals surface area contributed by atoms with E-state index in [-0.39, 0.29) is 12.0 Å². The van der Waals surface area contributed by atoms with Crippen LogP contribution in [0.1, 0.15) is 28.9 Å². The van der Waals surface area contributed by atoms with Gasteiger partial charge in [-0.2, -0.15) is 0 Å². The molecule has 7 nitrogen and oxygen atoms in total. The molecule has 1 atom stereocenters. The fourth-order valence-electron chi connectivity index (χ4n) is 3.24. The van der Waals surface area contributed by atoms with E-state index in [0.29, 0.717) is 18.7 Å². The second-order valence-corrected chi connectivity index (χ2v) is 6.56. The minimum Gasteiger partial charge on any atom is -0.370 e. The van der Waals surface area contributed by atoms with Gasteiger partial charge in [-0.05, 0) is 49.2 Å². The Hall–Kier alpha value is -3.06. The number of likely N-dealkylation sites (tertiary alicyclic amines) is 1. The molecular formula is C20H21N5O2. The molecular weight excluding hydrogens is 342 g/mol. The Labute approximate surface area is 157 Å². The van der Waals surface area contributed by atoms with Crippen molar-refractivity contribution < 1.29 is 9.53 Å². The second kappa shape index (κ2) is 8.09. The summed E-state index contributed by atoms with van der Waals surface area (Å²) in [7, 11) is 0. The van der Waals surface area contributed by atoms with E-state index in [1.807, 2.05) is 47.4 Å². The molecule has 1 saturated heterocycles. The molecule has 138 valence electrons. The number of amides is 1. The zero-order valence-electron chi connectivity index (χ0n) is 14.9. The van der Waals surface area contributed by atoms with E-state index in [9.17, 15) is 4.79 Å². The first-order valence-corrected chi connectivity index (χ1v) is 9.05. The first-order valence-electron chi connectivity index (χ1n) is 9.05. The highest BCUT2D eigenvalue weighted by Gasteiger charge is 2.25. The number of benzene rings is 1. The highest BCUT2D eigenvalue weighted by Crippen LogP contribution is 2.18. The molecule has 0 spiro atoms. The van der Waals surface area contributed by atoms with Crippen LogP contribution in [0.25, 0.3) is 5.69 Å². The van der Waals surface area contributed by atoms with Crippen LogP contribution in [0.15, 0.2) is 61.3 Å². The highest BCUT2D eigenvalue weighted by molar-refractivity contribution is 5.94. The molecule has 7 heteroatoms. The molecule has 2 aromatic heterocycles. The fraction of sp³-hybridized carbons (Fsp3) is 0.300. The van der Waals surface area contributed by atoms with Gasteiger partial charge in [0.05, 0.1) is 18.4 Å². The van der Waals surface area contributed by atoms with Gasteiger partial charge in [0.15, 0.2) is 0 Å². The molecule has 0 radical (unpaired) electrons. The number of carbonyl (C=O) groups excluding carboxylic acids is 1. The summed E-state index contributed by atoms with van der Waals surface area (Å²) in [6.45, 7) is 1.84. The van der Waals surface area contributed by atoms with Crippen LogP contribution in [0.2, 0.25) is 0 Å². The maximum absolute atomic E-state index is 12.8. The average molecular weight is 363 g/mol. The lowest BCUT2D eigenvalue weighted by molar-refractivity contribution is -0.00785. The molecule has 3 heterocycles. The monoisotopic (exact) mass is 363 g/mol. The van der Waals surface area contributed by atoms with E-state index >= 15 is 0 Å². The summed E-state index contributed by atoms with van der Waals surface area (Å²) < 4.78 is 7.78. The Kier molecular flexibility index (Phi) is 5.20. The van der Waals surface area contributed by atoms with Gasteiger partial charge in [0, 0.05) is 30.5 Å². The number of nitrogens with zero attached hydrogens (tertiary/aromatic N) is 5. The van der Waals surface area contributed by atoms with Crippen molar-refractivity contribution in [3.63, 3.8) is 0 Å². The van der Waals surface area contributed by atoms with E-state index < -0.39 is 0 Å². The van der Waals surface area contributed by atoms with Gasteiger partial charge < -0.3 is 9.64 Å². The number of rotatable bonds is 5. The van der Waals surface area contributed by atoms with E-state index in [0.717, 1.165) is 30.8 Å². The van der Waals surface area contributed by atoms with Crippen LogP contribution in [0, 0.1) is 0 Å². The first-order chi connectivity index (χ1) is 13.3. The molecule has 4 rings (SSSR count). The third-order valence-electron chi connectivity index (χ3n) is 4.69. The third-order valence-corrected chi connectivity index (χ3v) is 4.69. The van der Waals surface area contributed by atoms with Gasteiger partial charge in [0.2, 0.25) is 0 Å². The number of aromatic nitrogens is 4. The topological polar surface area (TPSA) is 73.1 Å². The Morgan fingerprint density at radius 1 is 1.11 bits per heavy atom. The van der Waals surface area contributed by atoms with Crippen LogP contribution >= 0.6 is 0 Å². The van der Waals surface area contributed by atoms with E-state index in [4.69, 9.17) is 4.74 Å². The Morgan fingerprint density at radius 3 is 2.67 bits per heavy atom. The van der Waals surface area contributed by atoms with Crippen molar-refractivity contribution in [3.8, 4) is 5.69 Å². The van der Waals surface area contributed by atoms with Crippen molar-refractivity contribution >= 4 is 5.91 Å². The van der Waals surface area contributed by atoms with Gasteiger partial charge in [0.25, 0.3) is 5.91 Å². The molecule has 0 N–H and O–H groups in total. The highest BCUT2D eigenvalue weighted by atomic mass is 16.5. The molecule has 1 fully saturated rings. The van der Waals surface area contributed by atoms with Crippen molar-refractivity contribution in [2.45, 2.75) is 25.6 Å². The SMILES string of the molecule is O=C(c1ccc(-n2cnnc2)cc1)N1CCC[C@H](OCc2ccccn2)C1. The normalized spacial score (nSPS) is 17.0. The Bertz CT molecular complexity index is 865. The number of carbonyl (C=O) groups is 1. The summed E-state index contributed by atoms with van der Waals surface area (Å²) in [6, 6.07) is 13.3. The summed E-state index contributed by atoms with van der Waals surface area (Å²) in [6.07, 6.45) is 6.97. The zero-order valence-corrected chi connectivity index (χ0v) is 14.9. The van der Waals surface area contributed by atoms with Crippen molar-refractivity contribution in [1.82, 2.24) is 24.6 Å². The lowest BCUT2D eigenvalue weighted by atomic mass is 10.1. The third kappa shape index (κ3) is 4.20. The van der Waals surface area contributed by atoms with Crippen molar-refractivity contribution in [2.24, 2.45) is 0 Å². The van der Waals surface area contributed by atoms with Gasteiger partial charge in [-0.25, -0.2) is 0 Å². The van der Waals surface area contributed by atoms with Gasteiger partial charge in [0.1, 0.15) is 12.7 Å². The molecule has 27 heavy (non-hydrogen) atoms. The number of ether oxygens (including phenoxy) is 1. The molecule has 1 aromatic carbocycles. The van der Waals surface area contributed by atoms with Crippen LogP contribution in [0.5, 0.6) is 0 Å². The molecule has 0 unspecified atom stereocenters. The van der Waals surface area contributed by atoms with Crippen molar-refractivity contribution in [2.75, 3.05) is 13.1 Å². The average Bonchev–Trinajstić information content (AvgIpc) is 3.28. The van der Waals surface area contributed by atoms with Crippen LogP contribution < -0.4 is 0 Å². The number of hydrogen-bond donors (Lipinski definition) is 0. The second-order valence-electron chi connectivity index (χ2n) is 6.56. The summed E-state index contributed by atoms with van der Waals surface area (Å²) in [5.74, 6) is 0.0384. The van der Waals surface area contributed by atoms with Crippen LogP contribution in [-0.2, 0) is 11.3 Å². The quantitative estimate of drug-likeness (QED) is 0.696. The predicted octanol–water partition coefficient (Wildman–Crippen LogP) is 2.48. The number of hydrogen-bond acceptors (Lipinski definition) is 5. The number of piperidine rings is 1. The fourth-order valence-corrected chi connectivity index (χ4v) is 3.24. The maximum Gasteiger partial charge on any atom is 0.253 e. The molecule has 1 aliphatic rings. The summed E-state index contributed by atoms with van der Waals surface area (Å²) in [4.78, 5) is 19.0.